The van der Waals surface area contributed by atoms with Gasteiger partial charge in [0.1, 0.15) is 12.7 Å². The minimum absolute atomic E-state index is 0. The first-order valence-corrected chi connectivity index (χ1v) is 15.1. The first-order chi connectivity index (χ1) is 23.5. The Morgan fingerprint density at radius 3 is 1.33 bits per heavy atom. The van der Waals surface area contributed by atoms with E-state index in [1.165, 1.54) is 40.3 Å². The van der Waals surface area contributed by atoms with Crippen LogP contribution < -0.4 is 0 Å². The summed E-state index contributed by atoms with van der Waals surface area (Å²) in [5, 5.41) is 21.0. The van der Waals surface area contributed by atoms with Crippen LogP contribution >= 0.6 is 0 Å². The fourth-order valence-electron chi connectivity index (χ4n) is 4.61. The summed E-state index contributed by atoms with van der Waals surface area (Å²) < 4.78 is 6.44. The molecule has 0 amide bonds. The number of ketones is 2. The number of furan rings is 1. The molecule has 0 atom stereocenters. The topological polar surface area (TPSA) is 165 Å². The molecule has 13 heteroatoms. The molecule has 266 valence electrons. The number of fused-ring (bicyclic) bond motifs is 5. The van der Waals surface area contributed by atoms with Crippen molar-refractivity contribution >= 4 is 55.6 Å². The standard InChI is InChI=1S/C26H12N6O.2C6H10O2.2Pt/c1-3-17-18-4-2-6-20(22-10-8-16-12-28-14-30-26(16)32-22)24(18)33-23(17)19(5-1)21-9-7-15-11-27-13-29-25(15)31-21;2*1-4(5(2)7)6(3)8;;/h1-4,7-14H;2*7H,1-3H3;;/q-2;;;;/b;2*5-4-;;. The summed E-state index contributed by atoms with van der Waals surface area (Å²) in [7, 11) is 0. The number of allylic oxidation sites excluding steroid dienone is 4. The van der Waals surface area contributed by atoms with E-state index >= 15 is 0 Å². The minimum atomic E-state index is -0.0787. The molecule has 7 aromatic rings. The molecule has 0 aliphatic heterocycles. The number of benzene rings is 2. The Kier molecular flexibility index (Phi) is 14.1. The van der Waals surface area contributed by atoms with Crippen LogP contribution in [0, 0.1) is 12.1 Å². The number of aliphatic hydroxyl groups is 2. The Hall–Kier alpha value is -4.98. The second-order valence-corrected chi connectivity index (χ2v) is 11.1. The number of rotatable bonds is 4. The number of carbonyl (C=O) groups is 2. The summed E-state index contributed by atoms with van der Waals surface area (Å²) in [5.74, 6) is 0.0602. The summed E-state index contributed by atoms with van der Waals surface area (Å²) in [6.07, 6.45) is 6.48. The molecule has 2 N–H and O–H groups in total. The molecule has 0 radical (unpaired) electrons. The Balaban J connectivity index is 0.000000330. The smallest absolute Gasteiger partial charge is 0.158 e. The summed E-state index contributed by atoms with van der Waals surface area (Å²) in [5.41, 5.74) is 6.54. The molecule has 11 nitrogen and oxygen atoms in total. The van der Waals surface area contributed by atoms with Crippen LogP contribution in [0.25, 0.3) is 66.5 Å². The molecular formula is C38H32N6O5Pt2-2. The van der Waals surface area contributed by atoms with Gasteiger partial charge in [-0.05, 0) is 52.9 Å². The van der Waals surface area contributed by atoms with E-state index < -0.39 is 0 Å². The van der Waals surface area contributed by atoms with Gasteiger partial charge in [-0.3, -0.25) is 19.6 Å². The van der Waals surface area contributed by atoms with E-state index in [2.05, 4.69) is 32.1 Å². The van der Waals surface area contributed by atoms with Gasteiger partial charge in [0, 0.05) is 87.6 Å². The van der Waals surface area contributed by atoms with Gasteiger partial charge in [0.05, 0.1) is 11.5 Å². The molecule has 0 spiro atoms. The third-order valence-electron chi connectivity index (χ3n) is 7.78. The van der Waals surface area contributed by atoms with Crippen LogP contribution in [0.4, 0.5) is 0 Å². The van der Waals surface area contributed by atoms with Gasteiger partial charge in [-0.1, -0.05) is 46.2 Å². The Morgan fingerprint density at radius 1 is 0.608 bits per heavy atom. The van der Waals surface area contributed by atoms with Gasteiger partial charge in [0.25, 0.3) is 0 Å². The zero-order valence-electron chi connectivity index (χ0n) is 28.4. The van der Waals surface area contributed by atoms with E-state index in [4.69, 9.17) is 24.6 Å². The average Bonchev–Trinajstić information content (AvgIpc) is 3.50. The van der Waals surface area contributed by atoms with Crippen molar-refractivity contribution in [1.82, 2.24) is 29.9 Å². The number of hydrogen-bond acceptors (Lipinski definition) is 11. The van der Waals surface area contributed by atoms with E-state index in [0.29, 0.717) is 33.6 Å². The maximum absolute atomic E-state index is 10.4. The first kappa shape index (κ1) is 40.4. The zero-order valence-corrected chi connectivity index (χ0v) is 32.9. The molecule has 0 bridgehead atoms. The second-order valence-electron chi connectivity index (χ2n) is 11.1. The van der Waals surface area contributed by atoms with E-state index in [-0.39, 0.29) is 65.2 Å². The third-order valence-corrected chi connectivity index (χ3v) is 7.78. The van der Waals surface area contributed by atoms with Crippen LogP contribution in [0.3, 0.4) is 0 Å². The van der Waals surface area contributed by atoms with Gasteiger partial charge < -0.3 is 14.6 Å². The molecule has 5 aromatic heterocycles. The number of aliphatic hydroxyl groups excluding tert-OH is 2. The Labute approximate surface area is 322 Å². The number of pyridine rings is 2. The van der Waals surface area contributed by atoms with Crippen LogP contribution in [0.2, 0.25) is 0 Å². The van der Waals surface area contributed by atoms with Crippen LogP contribution in [-0.2, 0) is 51.7 Å². The van der Waals surface area contributed by atoms with Gasteiger partial charge in [-0.2, -0.15) is 0 Å². The molecule has 2 aromatic carbocycles. The number of aromatic nitrogens is 6. The molecule has 0 fully saturated rings. The Bertz CT molecular complexity index is 2270. The second kappa shape index (κ2) is 17.8. The van der Waals surface area contributed by atoms with Crippen molar-refractivity contribution in [2.75, 3.05) is 0 Å². The fourth-order valence-corrected chi connectivity index (χ4v) is 4.61. The normalized spacial score (nSPS) is 11.6. The predicted molar refractivity (Wildman–Crippen MR) is 187 cm³/mol. The summed E-state index contributed by atoms with van der Waals surface area (Å²) >= 11 is 0. The van der Waals surface area contributed by atoms with E-state index in [1.54, 1.807) is 26.2 Å². The summed E-state index contributed by atoms with van der Waals surface area (Å²) in [6, 6.07) is 22.1. The maximum Gasteiger partial charge on any atom is 0.158 e. The van der Waals surface area contributed by atoms with Crippen molar-refractivity contribution in [2.45, 2.75) is 41.5 Å². The molecule has 51 heavy (non-hydrogen) atoms. The molecule has 0 aliphatic rings. The van der Waals surface area contributed by atoms with Crippen molar-refractivity contribution in [3.8, 4) is 22.5 Å². The molecule has 5 heterocycles. The maximum atomic E-state index is 10.4. The number of carbonyl (C=O) groups excluding carboxylic acids is 2. The van der Waals surface area contributed by atoms with Crippen LogP contribution in [0.5, 0.6) is 0 Å². The molecular weight excluding hydrogens is 1010 g/mol. The molecule has 0 unspecified atom stereocenters. The van der Waals surface area contributed by atoms with Crippen LogP contribution in [0.15, 0.2) is 101 Å². The SMILES string of the molecule is CC(=O)/C(C)=C(/C)O.CC(=O)/C(C)=C(/C)O.[Pt].[Pt].[c-]1ccc2c(oc3c(-c4ccc5cncnc5n4)[c-]ccc32)c1-c1ccc2cncnc2n1. The van der Waals surface area contributed by atoms with Crippen molar-refractivity contribution < 1.29 is 66.3 Å². The van der Waals surface area contributed by atoms with Crippen LogP contribution in [-0.4, -0.2) is 51.7 Å². The monoisotopic (exact) mass is 1040 g/mol. The zero-order chi connectivity index (χ0) is 35.2. The molecule has 0 aliphatic carbocycles. The van der Waals surface area contributed by atoms with Gasteiger partial charge in [0.15, 0.2) is 22.9 Å². The van der Waals surface area contributed by atoms with Crippen molar-refractivity contribution in [2.24, 2.45) is 0 Å². The first-order valence-electron chi connectivity index (χ1n) is 15.1. The quantitative estimate of drug-likeness (QED) is 0.0996. The van der Waals surface area contributed by atoms with Crippen molar-refractivity contribution in [3.05, 3.63) is 108 Å². The van der Waals surface area contributed by atoms with Crippen molar-refractivity contribution in [1.29, 1.82) is 0 Å². The fraction of sp³-hybridized carbons (Fsp3) is 0.158. The number of Topliss-reactive ketones (excluding diaryl/α,β-unsaturated/α-hetero) is 2. The predicted octanol–water partition coefficient (Wildman–Crippen LogP) is 8.05. The van der Waals surface area contributed by atoms with Crippen LogP contribution in [0.1, 0.15) is 41.5 Å². The largest absolute Gasteiger partial charge is 0.545 e. The third kappa shape index (κ3) is 9.23. The van der Waals surface area contributed by atoms with E-state index in [1.807, 2.05) is 48.5 Å². The van der Waals surface area contributed by atoms with Gasteiger partial charge in [-0.15, -0.1) is 36.4 Å². The molecule has 0 saturated heterocycles. The molecule has 0 saturated carbocycles. The minimum Gasteiger partial charge on any atom is -0.545 e. The van der Waals surface area contributed by atoms with Crippen molar-refractivity contribution in [3.63, 3.8) is 0 Å². The van der Waals surface area contributed by atoms with E-state index in [9.17, 15) is 9.59 Å². The Morgan fingerprint density at radius 2 is 1.00 bits per heavy atom. The summed E-state index contributed by atoms with van der Waals surface area (Å²) in [4.78, 5) is 46.8. The average molecular weight is 1040 g/mol. The molecule has 7 rings (SSSR count). The number of nitrogens with zero attached hydrogens (tertiary/aromatic N) is 6. The summed E-state index contributed by atoms with van der Waals surface area (Å²) in [6.45, 7) is 9.03. The van der Waals surface area contributed by atoms with Gasteiger partial charge in [-0.25, -0.2) is 19.9 Å². The van der Waals surface area contributed by atoms with E-state index in [0.717, 1.165) is 44.1 Å². The number of hydrogen-bond donors (Lipinski definition) is 2. The van der Waals surface area contributed by atoms with Gasteiger partial charge in [0.2, 0.25) is 0 Å². The van der Waals surface area contributed by atoms with Gasteiger partial charge >= 0.3 is 0 Å².